The number of unbranched alkanes of at least 4 members (excludes halogenated alkanes) is 3. The molecule has 0 bridgehead atoms. The van der Waals surface area contributed by atoms with Gasteiger partial charge in [-0.25, -0.2) is 0 Å². The largest absolute Gasteiger partial charge is 0.312 e. The van der Waals surface area contributed by atoms with E-state index in [-0.39, 0.29) is 0 Å². The van der Waals surface area contributed by atoms with E-state index in [2.05, 4.69) is 38.2 Å². The minimum Gasteiger partial charge on any atom is -0.312 e. The van der Waals surface area contributed by atoms with Crippen LogP contribution in [0, 0.1) is 0 Å². The molecular formula is C17H36N2. The lowest BCUT2D eigenvalue weighted by Gasteiger charge is -2.44. The molecule has 0 spiro atoms. The fraction of sp³-hybridized carbons (Fsp3) is 1.00. The first kappa shape index (κ1) is 17.0. The highest BCUT2D eigenvalue weighted by molar-refractivity contribution is 5.01. The second-order valence-corrected chi connectivity index (χ2v) is 6.56. The molecule has 0 aliphatic heterocycles. The molecular weight excluding hydrogens is 232 g/mol. The van der Waals surface area contributed by atoms with Crippen LogP contribution in [0.4, 0.5) is 0 Å². The number of nitrogens with one attached hydrogen (secondary N) is 1. The summed E-state index contributed by atoms with van der Waals surface area (Å²) in [7, 11) is 4.58. The van der Waals surface area contributed by atoms with Crippen molar-refractivity contribution in [2.75, 3.05) is 20.6 Å². The molecule has 0 radical (unpaired) electrons. The molecule has 0 aromatic carbocycles. The Hall–Kier alpha value is -0.0800. The molecule has 2 nitrogen and oxygen atoms in total. The van der Waals surface area contributed by atoms with E-state index < -0.39 is 0 Å². The number of rotatable bonds is 10. The Balaban J connectivity index is 2.59. The molecule has 0 amide bonds. The van der Waals surface area contributed by atoms with Crippen LogP contribution < -0.4 is 5.32 Å². The van der Waals surface area contributed by atoms with Gasteiger partial charge in [0.05, 0.1) is 0 Å². The van der Waals surface area contributed by atoms with Crippen LogP contribution in [0.2, 0.25) is 0 Å². The zero-order valence-electron chi connectivity index (χ0n) is 13.8. The van der Waals surface area contributed by atoms with Crippen LogP contribution >= 0.6 is 0 Å². The van der Waals surface area contributed by atoms with Crippen LogP contribution in [0.3, 0.4) is 0 Å². The quantitative estimate of drug-likeness (QED) is 0.597. The highest BCUT2D eigenvalue weighted by Crippen LogP contribution is 2.38. The van der Waals surface area contributed by atoms with Gasteiger partial charge in [-0.3, -0.25) is 0 Å². The molecule has 1 N–H and O–H groups in total. The molecule has 114 valence electrons. The molecule has 1 saturated carbocycles. The second-order valence-electron chi connectivity index (χ2n) is 6.56. The topological polar surface area (TPSA) is 15.3 Å². The average molecular weight is 268 g/mol. The maximum Gasteiger partial charge on any atom is 0.0356 e. The molecule has 2 heteroatoms. The predicted molar refractivity (Wildman–Crippen MR) is 85.7 cm³/mol. The van der Waals surface area contributed by atoms with Gasteiger partial charge in [-0.2, -0.15) is 0 Å². The summed E-state index contributed by atoms with van der Waals surface area (Å²) in [4.78, 5) is 2.52. The fourth-order valence-electron chi connectivity index (χ4n) is 3.75. The Bertz CT molecular complexity index is 219. The van der Waals surface area contributed by atoms with Crippen molar-refractivity contribution in [1.29, 1.82) is 0 Å². The van der Waals surface area contributed by atoms with Gasteiger partial charge in [0.15, 0.2) is 0 Å². The van der Waals surface area contributed by atoms with Gasteiger partial charge < -0.3 is 10.2 Å². The van der Waals surface area contributed by atoms with E-state index >= 15 is 0 Å². The van der Waals surface area contributed by atoms with Crippen LogP contribution in [0.25, 0.3) is 0 Å². The summed E-state index contributed by atoms with van der Waals surface area (Å²) in [6.45, 7) is 5.75. The lowest BCUT2D eigenvalue weighted by atomic mass is 9.83. The standard InChI is InChI=1S/C17H36N2/c1-5-7-8-9-12-16(18-15-6-2)17(19(3)4)13-10-11-14-17/h16,18H,5-15H2,1-4H3. The zero-order chi connectivity index (χ0) is 14.1. The van der Waals surface area contributed by atoms with Gasteiger partial charge >= 0.3 is 0 Å². The molecule has 0 heterocycles. The highest BCUT2D eigenvalue weighted by atomic mass is 15.2. The Labute approximate surface area is 121 Å². The molecule has 0 saturated heterocycles. The van der Waals surface area contributed by atoms with E-state index in [4.69, 9.17) is 0 Å². The molecule has 0 aromatic rings. The molecule has 1 atom stereocenters. The van der Waals surface area contributed by atoms with E-state index in [1.165, 1.54) is 70.8 Å². The normalized spacial score (nSPS) is 20.1. The van der Waals surface area contributed by atoms with Crippen molar-refractivity contribution in [2.24, 2.45) is 0 Å². The van der Waals surface area contributed by atoms with Crippen LogP contribution in [-0.4, -0.2) is 37.1 Å². The Morgan fingerprint density at radius 1 is 1.00 bits per heavy atom. The van der Waals surface area contributed by atoms with Crippen molar-refractivity contribution >= 4 is 0 Å². The first-order valence-corrected chi connectivity index (χ1v) is 8.58. The van der Waals surface area contributed by atoms with Crippen LogP contribution in [0.5, 0.6) is 0 Å². The van der Waals surface area contributed by atoms with Gasteiger partial charge in [0.1, 0.15) is 0 Å². The third-order valence-electron chi connectivity index (χ3n) is 5.00. The van der Waals surface area contributed by atoms with E-state index in [0.29, 0.717) is 11.6 Å². The summed E-state index contributed by atoms with van der Waals surface area (Å²) >= 11 is 0. The number of hydrogen-bond donors (Lipinski definition) is 1. The van der Waals surface area contributed by atoms with Crippen molar-refractivity contribution in [3.8, 4) is 0 Å². The van der Waals surface area contributed by atoms with E-state index in [1.807, 2.05) is 0 Å². The van der Waals surface area contributed by atoms with Gasteiger partial charge in [0, 0.05) is 11.6 Å². The molecule has 1 aliphatic rings. The minimum atomic E-state index is 0.432. The lowest BCUT2D eigenvalue weighted by Crippen LogP contribution is -2.57. The van der Waals surface area contributed by atoms with E-state index in [9.17, 15) is 0 Å². The van der Waals surface area contributed by atoms with E-state index in [1.54, 1.807) is 0 Å². The molecule has 1 aliphatic carbocycles. The summed E-state index contributed by atoms with van der Waals surface area (Å²) in [6.07, 6.45) is 13.7. The number of hydrogen-bond acceptors (Lipinski definition) is 2. The van der Waals surface area contributed by atoms with E-state index in [0.717, 1.165) is 0 Å². The Morgan fingerprint density at radius 3 is 2.21 bits per heavy atom. The Kier molecular flexibility index (Phi) is 8.01. The predicted octanol–water partition coefficient (Wildman–Crippen LogP) is 4.20. The summed E-state index contributed by atoms with van der Waals surface area (Å²) in [5.41, 5.74) is 0.432. The molecule has 0 aromatic heterocycles. The van der Waals surface area contributed by atoms with Gasteiger partial charge in [0.2, 0.25) is 0 Å². The van der Waals surface area contributed by atoms with Gasteiger partial charge in [-0.15, -0.1) is 0 Å². The van der Waals surface area contributed by atoms with Crippen LogP contribution in [0.1, 0.15) is 78.1 Å². The highest BCUT2D eigenvalue weighted by Gasteiger charge is 2.42. The van der Waals surface area contributed by atoms with Crippen LogP contribution in [0.15, 0.2) is 0 Å². The summed E-state index contributed by atoms with van der Waals surface area (Å²) in [5, 5.41) is 3.87. The number of nitrogens with zero attached hydrogens (tertiary/aromatic N) is 1. The first-order chi connectivity index (χ1) is 9.17. The molecule has 19 heavy (non-hydrogen) atoms. The van der Waals surface area contributed by atoms with Gasteiger partial charge in [-0.1, -0.05) is 52.4 Å². The van der Waals surface area contributed by atoms with Crippen molar-refractivity contribution in [2.45, 2.75) is 89.6 Å². The summed E-state index contributed by atoms with van der Waals surface area (Å²) in [6, 6.07) is 0.696. The summed E-state index contributed by atoms with van der Waals surface area (Å²) in [5.74, 6) is 0. The third-order valence-corrected chi connectivity index (χ3v) is 5.00. The first-order valence-electron chi connectivity index (χ1n) is 8.58. The minimum absolute atomic E-state index is 0.432. The molecule has 1 fully saturated rings. The van der Waals surface area contributed by atoms with Crippen molar-refractivity contribution in [3.05, 3.63) is 0 Å². The van der Waals surface area contributed by atoms with Gasteiger partial charge in [0.25, 0.3) is 0 Å². The molecule has 1 rings (SSSR count). The van der Waals surface area contributed by atoms with Crippen molar-refractivity contribution in [3.63, 3.8) is 0 Å². The molecule has 1 unspecified atom stereocenters. The monoisotopic (exact) mass is 268 g/mol. The van der Waals surface area contributed by atoms with Crippen molar-refractivity contribution < 1.29 is 0 Å². The zero-order valence-corrected chi connectivity index (χ0v) is 13.8. The average Bonchev–Trinajstić information content (AvgIpc) is 2.88. The SMILES string of the molecule is CCCCCCC(NCCC)C1(N(C)C)CCCC1. The van der Waals surface area contributed by atoms with Gasteiger partial charge in [-0.05, 0) is 46.3 Å². The number of likely N-dealkylation sites (N-methyl/N-ethyl adjacent to an activating group) is 1. The van der Waals surface area contributed by atoms with Crippen LogP contribution in [-0.2, 0) is 0 Å². The lowest BCUT2D eigenvalue weighted by molar-refractivity contribution is 0.0984. The van der Waals surface area contributed by atoms with Crippen molar-refractivity contribution in [1.82, 2.24) is 10.2 Å². The summed E-state index contributed by atoms with van der Waals surface area (Å²) < 4.78 is 0. The fourth-order valence-corrected chi connectivity index (χ4v) is 3.75. The smallest absolute Gasteiger partial charge is 0.0356 e. The maximum atomic E-state index is 3.87. The third kappa shape index (κ3) is 4.75. The maximum absolute atomic E-state index is 3.87. The Morgan fingerprint density at radius 2 is 1.68 bits per heavy atom. The second kappa shape index (κ2) is 8.97.